The number of halogens is 5. The van der Waals surface area contributed by atoms with Crippen molar-refractivity contribution in [2.45, 2.75) is 6.18 Å². The standard InChI is InChI=1S/C17H10F5NO/c18-14-8-7-12(10-15(14)19)16(24)23-9-3-5-11-4-1-2-6-13(11)17(20,21)22/h1-2,4,6-8,10H,9H2,(H,23,24). The highest BCUT2D eigenvalue weighted by Crippen LogP contribution is 2.31. The van der Waals surface area contributed by atoms with Gasteiger partial charge in [-0.15, -0.1) is 0 Å². The number of carbonyl (C=O) groups is 1. The Morgan fingerprint density at radius 2 is 1.75 bits per heavy atom. The van der Waals surface area contributed by atoms with Gasteiger partial charge in [0.15, 0.2) is 11.6 Å². The Balaban J connectivity index is 2.04. The van der Waals surface area contributed by atoms with Crippen LogP contribution in [0.25, 0.3) is 0 Å². The fourth-order valence-corrected chi connectivity index (χ4v) is 1.84. The third kappa shape index (κ3) is 4.32. The van der Waals surface area contributed by atoms with E-state index in [0.717, 1.165) is 24.3 Å². The fraction of sp³-hybridized carbons (Fsp3) is 0.118. The van der Waals surface area contributed by atoms with Crippen molar-refractivity contribution >= 4 is 5.91 Å². The van der Waals surface area contributed by atoms with Crippen molar-refractivity contribution < 1.29 is 26.7 Å². The molecule has 0 saturated heterocycles. The van der Waals surface area contributed by atoms with Crippen LogP contribution in [0.5, 0.6) is 0 Å². The quantitative estimate of drug-likeness (QED) is 0.655. The number of alkyl halides is 3. The van der Waals surface area contributed by atoms with E-state index in [1.165, 1.54) is 18.2 Å². The molecule has 0 spiro atoms. The minimum absolute atomic E-state index is 0.119. The first-order valence-electron chi connectivity index (χ1n) is 6.67. The minimum Gasteiger partial charge on any atom is -0.341 e. The molecule has 124 valence electrons. The monoisotopic (exact) mass is 339 g/mol. The summed E-state index contributed by atoms with van der Waals surface area (Å²) >= 11 is 0. The van der Waals surface area contributed by atoms with Crippen LogP contribution in [0.15, 0.2) is 42.5 Å². The predicted octanol–water partition coefficient (Wildman–Crippen LogP) is 3.77. The second kappa shape index (κ2) is 7.13. The molecule has 2 aromatic rings. The summed E-state index contributed by atoms with van der Waals surface area (Å²) in [5.74, 6) is 1.74. The van der Waals surface area contributed by atoms with Crippen LogP contribution in [0.1, 0.15) is 21.5 Å². The lowest BCUT2D eigenvalue weighted by Gasteiger charge is -2.08. The van der Waals surface area contributed by atoms with Crippen LogP contribution in [0, 0.1) is 23.5 Å². The molecule has 2 aromatic carbocycles. The maximum Gasteiger partial charge on any atom is 0.417 e. The first-order valence-corrected chi connectivity index (χ1v) is 6.67. The van der Waals surface area contributed by atoms with Gasteiger partial charge in [-0.05, 0) is 30.3 Å². The number of amides is 1. The van der Waals surface area contributed by atoms with E-state index < -0.39 is 29.3 Å². The van der Waals surface area contributed by atoms with Crippen LogP contribution in [0.3, 0.4) is 0 Å². The Morgan fingerprint density at radius 1 is 1.04 bits per heavy atom. The topological polar surface area (TPSA) is 29.1 Å². The summed E-state index contributed by atoms with van der Waals surface area (Å²) in [6, 6.07) is 7.39. The lowest BCUT2D eigenvalue weighted by Crippen LogP contribution is -2.23. The zero-order valence-corrected chi connectivity index (χ0v) is 12.0. The average Bonchev–Trinajstić information content (AvgIpc) is 2.53. The number of hydrogen-bond acceptors (Lipinski definition) is 1. The van der Waals surface area contributed by atoms with Crippen molar-refractivity contribution in [3.8, 4) is 11.8 Å². The van der Waals surface area contributed by atoms with Gasteiger partial charge in [0, 0.05) is 11.1 Å². The lowest BCUT2D eigenvalue weighted by atomic mass is 10.1. The van der Waals surface area contributed by atoms with Gasteiger partial charge in [0.2, 0.25) is 0 Å². The summed E-state index contributed by atoms with van der Waals surface area (Å²) in [7, 11) is 0. The minimum atomic E-state index is -4.53. The Labute approximate surface area is 134 Å². The van der Waals surface area contributed by atoms with Crippen LogP contribution in [0.2, 0.25) is 0 Å². The second-order valence-corrected chi connectivity index (χ2v) is 4.66. The van der Waals surface area contributed by atoms with Crippen molar-refractivity contribution in [3.05, 3.63) is 70.8 Å². The Bertz CT molecular complexity index is 818. The van der Waals surface area contributed by atoms with Gasteiger partial charge < -0.3 is 5.32 Å². The highest BCUT2D eigenvalue weighted by molar-refractivity contribution is 5.94. The first-order chi connectivity index (χ1) is 11.3. The Hall–Kier alpha value is -2.88. The molecular formula is C17H10F5NO. The van der Waals surface area contributed by atoms with Gasteiger partial charge in [0.1, 0.15) is 0 Å². The second-order valence-electron chi connectivity index (χ2n) is 4.66. The van der Waals surface area contributed by atoms with E-state index in [-0.39, 0.29) is 17.7 Å². The molecule has 0 unspecified atom stereocenters. The molecule has 0 aliphatic carbocycles. The maximum absolute atomic E-state index is 13.0. The van der Waals surface area contributed by atoms with E-state index in [9.17, 15) is 26.7 Å². The van der Waals surface area contributed by atoms with Crippen molar-refractivity contribution in [1.29, 1.82) is 0 Å². The summed E-state index contributed by atoms with van der Waals surface area (Å²) in [5.41, 5.74) is -1.21. The predicted molar refractivity (Wildman–Crippen MR) is 77.0 cm³/mol. The molecule has 0 aliphatic rings. The number of rotatable bonds is 2. The molecule has 0 heterocycles. The molecule has 0 fully saturated rings. The van der Waals surface area contributed by atoms with Gasteiger partial charge in [-0.1, -0.05) is 24.0 Å². The zero-order valence-electron chi connectivity index (χ0n) is 12.0. The van der Waals surface area contributed by atoms with E-state index in [2.05, 4.69) is 17.2 Å². The summed E-state index contributed by atoms with van der Waals surface area (Å²) in [5, 5.41) is 2.29. The van der Waals surface area contributed by atoms with Crippen molar-refractivity contribution in [3.63, 3.8) is 0 Å². The van der Waals surface area contributed by atoms with Gasteiger partial charge in [0.25, 0.3) is 5.91 Å². The fourth-order valence-electron chi connectivity index (χ4n) is 1.84. The van der Waals surface area contributed by atoms with Gasteiger partial charge in [-0.3, -0.25) is 4.79 Å². The first kappa shape index (κ1) is 17.5. The normalized spacial score (nSPS) is 10.7. The molecular weight excluding hydrogens is 329 g/mol. The van der Waals surface area contributed by atoms with Gasteiger partial charge in [-0.25, -0.2) is 8.78 Å². The highest BCUT2D eigenvalue weighted by atomic mass is 19.4. The molecule has 24 heavy (non-hydrogen) atoms. The third-order valence-corrected chi connectivity index (χ3v) is 2.97. The van der Waals surface area contributed by atoms with Crippen LogP contribution in [-0.2, 0) is 6.18 Å². The van der Waals surface area contributed by atoms with Crippen LogP contribution in [0.4, 0.5) is 22.0 Å². The smallest absolute Gasteiger partial charge is 0.341 e. The largest absolute Gasteiger partial charge is 0.417 e. The summed E-state index contributed by atoms with van der Waals surface area (Å²) in [4.78, 5) is 11.7. The lowest BCUT2D eigenvalue weighted by molar-refractivity contribution is -0.137. The number of benzene rings is 2. The van der Waals surface area contributed by atoms with E-state index in [1.807, 2.05) is 0 Å². The molecule has 1 N–H and O–H groups in total. The SMILES string of the molecule is O=C(NCC#Cc1ccccc1C(F)(F)F)c1ccc(F)c(F)c1. The molecule has 2 nitrogen and oxygen atoms in total. The van der Waals surface area contributed by atoms with Crippen LogP contribution >= 0.6 is 0 Å². The maximum atomic E-state index is 13.0. The van der Waals surface area contributed by atoms with E-state index in [4.69, 9.17) is 0 Å². The summed E-state index contributed by atoms with van der Waals surface area (Å²) < 4.78 is 64.1. The number of carbonyl (C=O) groups excluding carboxylic acids is 1. The van der Waals surface area contributed by atoms with Crippen molar-refractivity contribution in [1.82, 2.24) is 5.32 Å². The molecule has 0 bridgehead atoms. The Morgan fingerprint density at radius 3 is 2.42 bits per heavy atom. The number of hydrogen-bond donors (Lipinski definition) is 1. The molecule has 0 aromatic heterocycles. The van der Waals surface area contributed by atoms with Crippen LogP contribution in [-0.4, -0.2) is 12.5 Å². The highest BCUT2D eigenvalue weighted by Gasteiger charge is 2.32. The molecule has 7 heteroatoms. The molecule has 0 aliphatic heterocycles. The molecule has 0 atom stereocenters. The molecule has 2 rings (SSSR count). The Kier molecular flexibility index (Phi) is 5.19. The van der Waals surface area contributed by atoms with Gasteiger partial charge in [-0.2, -0.15) is 13.2 Å². The molecule has 1 amide bonds. The van der Waals surface area contributed by atoms with E-state index in [0.29, 0.717) is 0 Å². The molecule has 0 saturated carbocycles. The van der Waals surface area contributed by atoms with Gasteiger partial charge in [0.05, 0.1) is 12.1 Å². The third-order valence-electron chi connectivity index (χ3n) is 2.97. The van der Waals surface area contributed by atoms with Crippen molar-refractivity contribution in [2.24, 2.45) is 0 Å². The van der Waals surface area contributed by atoms with Crippen LogP contribution < -0.4 is 5.32 Å². The number of nitrogens with one attached hydrogen (secondary N) is 1. The zero-order chi connectivity index (χ0) is 17.7. The average molecular weight is 339 g/mol. The summed E-state index contributed by atoms with van der Waals surface area (Å²) in [6.07, 6.45) is -4.53. The van der Waals surface area contributed by atoms with E-state index >= 15 is 0 Å². The van der Waals surface area contributed by atoms with Crippen molar-refractivity contribution in [2.75, 3.05) is 6.54 Å². The van der Waals surface area contributed by atoms with E-state index in [1.54, 1.807) is 0 Å². The molecule has 0 radical (unpaired) electrons. The van der Waals surface area contributed by atoms with Gasteiger partial charge >= 0.3 is 6.18 Å². The summed E-state index contributed by atoms with van der Waals surface area (Å²) in [6.45, 7) is -0.246.